The lowest BCUT2D eigenvalue weighted by Gasteiger charge is -2.28. The van der Waals surface area contributed by atoms with E-state index in [9.17, 15) is 0 Å². The monoisotopic (exact) mass is 350 g/mol. The molecule has 0 aromatic carbocycles. The summed E-state index contributed by atoms with van der Waals surface area (Å²) in [5.41, 5.74) is 5.53. The van der Waals surface area contributed by atoms with Crippen molar-refractivity contribution in [3.8, 4) is 0 Å². The predicted octanol–water partition coefficient (Wildman–Crippen LogP) is 1.97. The van der Waals surface area contributed by atoms with Crippen molar-refractivity contribution in [1.29, 1.82) is 0 Å². The van der Waals surface area contributed by atoms with Gasteiger partial charge in [0.2, 0.25) is 0 Å². The van der Waals surface area contributed by atoms with E-state index >= 15 is 0 Å². The molecular weight excluding hydrogens is 335 g/mol. The Morgan fingerprint density at radius 3 is 2.81 bits per heavy atom. The first kappa shape index (κ1) is 13.6. The summed E-state index contributed by atoms with van der Waals surface area (Å²) in [6.07, 6.45) is 4.07. The molecule has 2 N–H and O–H groups in total. The highest BCUT2D eigenvalue weighted by Gasteiger charge is 2.14. The molecule has 88 valence electrons. The van der Waals surface area contributed by atoms with Crippen LogP contribution in [0.4, 0.5) is 5.82 Å². The standard InChI is InChI=1S/C10H15IN4S/c1-7(2)15(4-3-9(12)16)10-8(11)5-13-6-14-10/h5-7H,3-4H2,1-2H3,(H2,12,16). The van der Waals surface area contributed by atoms with Crippen LogP contribution >= 0.6 is 34.8 Å². The molecule has 0 saturated carbocycles. The molecule has 1 aromatic heterocycles. The van der Waals surface area contributed by atoms with Gasteiger partial charge in [0.25, 0.3) is 0 Å². The third-order valence-electron chi connectivity index (χ3n) is 2.14. The van der Waals surface area contributed by atoms with E-state index in [0.29, 0.717) is 17.5 Å². The number of thiocarbonyl (C=S) groups is 1. The van der Waals surface area contributed by atoms with Gasteiger partial charge in [-0.25, -0.2) is 9.97 Å². The van der Waals surface area contributed by atoms with E-state index in [-0.39, 0.29) is 0 Å². The maximum absolute atomic E-state index is 5.53. The highest BCUT2D eigenvalue weighted by Crippen LogP contribution is 2.20. The van der Waals surface area contributed by atoms with Crippen molar-refractivity contribution >= 4 is 45.6 Å². The van der Waals surface area contributed by atoms with E-state index in [1.54, 1.807) is 12.5 Å². The average molecular weight is 350 g/mol. The average Bonchev–Trinajstić information content (AvgIpc) is 2.20. The number of hydrogen-bond donors (Lipinski definition) is 1. The number of halogens is 1. The van der Waals surface area contributed by atoms with Gasteiger partial charge in [-0.05, 0) is 36.4 Å². The van der Waals surface area contributed by atoms with Crippen LogP contribution < -0.4 is 10.6 Å². The molecule has 4 nitrogen and oxygen atoms in total. The Morgan fingerprint density at radius 1 is 1.62 bits per heavy atom. The fraction of sp³-hybridized carbons (Fsp3) is 0.500. The van der Waals surface area contributed by atoms with Crippen molar-refractivity contribution in [1.82, 2.24) is 9.97 Å². The lowest BCUT2D eigenvalue weighted by atomic mass is 10.3. The summed E-state index contributed by atoms with van der Waals surface area (Å²) in [6, 6.07) is 0.359. The van der Waals surface area contributed by atoms with Crippen LogP contribution in [0.3, 0.4) is 0 Å². The van der Waals surface area contributed by atoms with Crippen molar-refractivity contribution in [3.05, 3.63) is 16.1 Å². The van der Waals surface area contributed by atoms with Gasteiger partial charge in [0.1, 0.15) is 12.1 Å². The van der Waals surface area contributed by atoms with Crippen LogP contribution in [-0.4, -0.2) is 27.5 Å². The fourth-order valence-corrected chi connectivity index (χ4v) is 2.06. The molecule has 0 amide bonds. The van der Waals surface area contributed by atoms with Gasteiger partial charge in [-0.1, -0.05) is 12.2 Å². The van der Waals surface area contributed by atoms with Crippen LogP contribution in [0.25, 0.3) is 0 Å². The largest absolute Gasteiger partial charge is 0.393 e. The third kappa shape index (κ3) is 3.82. The first-order valence-corrected chi connectivity index (χ1v) is 6.51. The van der Waals surface area contributed by atoms with Gasteiger partial charge in [0, 0.05) is 25.2 Å². The SMILES string of the molecule is CC(C)N(CCC(N)=S)c1ncncc1I. The molecule has 0 fully saturated rings. The van der Waals surface area contributed by atoms with E-state index < -0.39 is 0 Å². The molecule has 0 radical (unpaired) electrons. The van der Waals surface area contributed by atoms with E-state index in [1.807, 2.05) is 0 Å². The van der Waals surface area contributed by atoms with Crippen LogP contribution in [0.1, 0.15) is 20.3 Å². The molecule has 0 saturated heterocycles. The second-order valence-electron chi connectivity index (χ2n) is 3.70. The van der Waals surface area contributed by atoms with Gasteiger partial charge < -0.3 is 10.6 Å². The van der Waals surface area contributed by atoms with Crippen molar-refractivity contribution < 1.29 is 0 Å². The summed E-state index contributed by atoms with van der Waals surface area (Å²) in [7, 11) is 0. The maximum Gasteiger partial charge on any atom is 0.145 e. The summed E-state index contributed by atoms with van der Waals surface area (Å²) in [5, 5.41) is 0. The molecule has 0 unspecified atom stereocenters. The van der Waals surface area contributed by atoms with Crippen molar-refractivity contribution in [2.24, 2.45) is 5.73 Å². The molecule has 1 heterocycles. The zero-order chi connectivity index (χ0) is 12.1. The summed E-state index contributed by atoms with van der Waals surface area (Å²) in [4.78, 5) is 11.0. The van der Waals surface area contributed by atoms with Crippen LogP contribution in [0.5, 0.6) is 0 Å². The molecule has 6 heteroatoms. The Labute approximate surface area is 115 Å². The van der Waals surface area contributed by atoms with E-state index in [0.717, 1.165) is 15.9 Å². The fourth-order valence-electron chi connectivity index (χ4n) is 1.36. The molecule has 0 aliphatic rings. The molecule has 1 rings (SSSR count). The van der Waals surface area contributed by atoms with Gasteiger partial charge in [0.05, 0.1) is 8.56 Å². The topological polar surface area (TPSA) is 55.0 Å². The highest BCUT2D eigenvalue weighted by atomic mass is 127. The minimum Gasteiger partial charge on any atom is -0.393 e. The summed E-state index contributed by atoms with van der Waals surface area (Å²) in [6.45, 7) is 5.04. The minimum atomic E-state index is 0.359. The Kier molecular flexibility index (Phi) is 5.33. The molecule has 0 spiro atoms. The van der Waals surface area contributed by atoms with Crippen molar-refractivity contribution in [2.45, 2.75) is 26.3 Å². The smallest absolute Gasteiger partial charge is 0.145 e. The molecule has 0 aliphatic carbocycles. The Bertz CT molecular complexity index is 370. The second kappa shape index (κ2) is 6.29. The first-order chi connectivity index (χ1) is 7.52. The number of rotatable bonds is 5. The Balaban J connectivity index is 2.85. The molecular formula is C10H15IN4S. The number of hydrogen-bond acceptors (Lipinski definition) is 4. The highest BCUT2D eigenvalue weighted by molar-refractivity contribution is 14.1. The molecule has 0 aliphatic heterocycles. The van der Waals surface area contributed by atoms with Gasteiger partial charge in [-0.3, -0.25) is 0 Å². The first-order valence-electron chi connectivity index (χ1n) is 5.02. The van der Waals surface area contributed by atoms with E-state index in [4.69, 9.17) is 18.0 Å². The quantitative estimate of drug-likeness (QED) is 0.650. The van der Waals surface area contributed by atoms with E-state index in [1.165, 1.54) is 0 Å². The summed E-state index contributed by atoms with van der Waals surface area (Å²) in [5.74, 6) is 0.946. The second-order valence-corrected chi connectivity index (χ2v) is 5.38. The molecule has 0 atom stereocenters. The number of nitrogens with two attached hydrogens (primary N) is 1. The van der Waals surface area contributed by atoms with Crippen LogP contribution in [0.15, 0.2) is 12.5 Å². The van der Waals surface area contributed by atoms with Crippen LogP contribution in [-0.2, 0) is 0 Å². The summed E-state index contributed by atoms with van der Waals surface area (Å²) >= 11 is 7.13. The third-order valence-corrected chi connectivity index (χ3v) is 3.11. The summed E-state index contributed by atoms with van der Waals surface area (Å²) < 4.78 is 1.04. The number of nitrogens with zero attached hydrogens (tertiary/aromatic N) is 3. The lowest BCUT2D eigenvalue weighted by molar-refractivity contribution is 0.677. The van der Waals surface area contributed by atoms with Gasteiger partial charge >= 0.3 is 0 Å². The normalized spacial score (nSPS) is 10.5. The van der Waals surface area contributed by atoms with Gasteiger partial charge in [-0.15, -0.1) is 0 Å². The number of anilines is 1. The molecule has 16 heavy (non-hydrogen) atoms. The van der Waals surface area contributed by atoms with Gasteiger partial charge in [0.15, 0.2) is 0 Å². The maximum atomic E-state index is 5.53. The van der Waals surface area contributed by atoms with Crippen LogP contribution in [0.2, 0.25) is 0 Å². The van der Waals surface area contributed by atoms with Crippen molar-refractivity contribution in [3.63, 3.8) is 0 Å². The zero-order valence-electron chi connectivity index (χ0n) is 9.35. The predicted molar refractivity (Wildman–Crippen MR) is 78.6 cm³/mol. The Hall–Kier alpha value is -0.500. The minimum absolute atomic E-state index is 0.359. The van der Waals surface area contributed by atoms with E-state index in [2.05, 4.69) is 51.3 Å². The molecule has 0 bridgehead atoms. The zero-order valence-corrected chi connectivity index (χ0v) is 12.3. The van der Waals surface area contributed by atoms with Gasteiger partial charge in [-0.2, -0.15) is 0 Å². The van der Waals surface area contributed by atoms with Crippen LogP contribution in [0, 0.1) is 3.57 Å². The Morgan fingerprint density at radius 2 is 2.31 bits per heavy atom. The number of aromatic nitrogens is 2. The molecule has 1 aromatic rings. The van der Waals surface area contributed by atoms with Crippen molar-refractivity contribution in [2.75, 3.05) is 11.4 Å². The lowest BCUT2D eigenvalue weighted by Crippen LogP contribution is -2.35.